The third kappa shape index (κ3) is 6.23. The van der Waals surface area contributed by atoms with E-state index in [4.69, 9.17) is 9.47 Å². The van der Waals surface area contributed by atoms with Gasteiger partial charge in [0.1, 0.15) is 5.75 Å². The van der Waals surface area contributed by atoms with Gasteiger partial charge in [-0.1, -0.05) is 38.1 Å². The number of ether oxygens (including phenoxy) is 2. The molecule has 0 heterocycles. The Hall–Kier alpha value is -2.34. The lowest BCUT2D eigenvalue weighted by atomic mass is 10.0. The predicted octanol–water partition coefficient (Wildman–Crippen LogP) is 4.13. The summed E-state index contributed by atoms with van der Waals surface area (Å²) in [6.45, 7) is 3.59. The summed E-state index contributed by atoms with van der Waals surface area (Å²) in [6, 6.07) is 14.7. The second-order valence-electron chi connectivity index (χ2n) is 5.70. The van der Waals surface area contributed by atoms with E-state index >= 15 is 0 Å². The summed E-state index contributed by atoms with van der Waals surface area (Å²) in [7, 11) is 0. The molecule has 1 N–H and O–H groups in total. The highest BCUT2D eigenvalue weighted by molar-refractivity contribution is 9.10. The molecular weight excluding hydrogens is 386 g/mol. The molecule has 0 aromatic heterocycles. The molecule has 132 valence electrons. The molecule has 0 radical (unpaired) electrons. The Balaban J connectivity index is 1.73. The van der Waals surface area contributed by atoms with Gasteiger partial charge in [-0.25, -0.2) is 4.79 Å². The quantitative estimate of drug-likeness (QED) is 0.703. The molecule has 0 spiro atoms. The van der Waals surface area contributed by atoms with Gasteiger partial charge in [0.15, 0.2) is 13.2 Å². The van der Waals surface area contributed by atoms with Crippen LogP contribution in [-0.4, -0.2) is 25.1 Å². The number of benzene rings is 2. The summed E-state index contributed by atoms with van der Waals surface area (Å²) >= 11 is 3.33. The van der Waals surface area contributed by atoms with Crippen molar-refractivity contribution in [2.75, 3.05) is 18.5 Å². The number of hydrogen-bond acceptors (Lipinski definition) is 4. The molecule has 0 aliphatic heterocycles. The number of hydrogen-bond donors (Lipinski definition) is 1. The van der Waals surface area contributed by atoms with Crippen LogP contribution in [0.2, 0.25) is 0 Å². The van der Waals surface area contributed by atoms with E-state index in [1.165, 1.54) is 5.56 Å². The number of amides is 1. The number of carbonyl (C=O) groups is 2. The van der Waals surface area contributed by atoms with Gasteiger partial charge in [-0.2, -0.15) is 0 Å². The van der Waals surface area contributed by atoms with Gasteiger partial charge in [0.25, 0.3) is 5.91 Å². The number of anilines is 1. The van der Waals surface area contributed by atoms with Crippen LogP contribution < -0.4 is 10.1 Å². The average molecular weight is 406 g/mol. The van der Waals surface area contributed by atoms with E-state index in [1.54, 1.807) is 18.2 Å². The molecule has 1 amide bonds. The summed E-state index contributed by atoms with van der Waals surface area (Å²) in [6.07, 6.45) is 0. The highest BCUT2D eigenvalue weighted by Crippen LogP contribution is 2.21. The van der Waals surface area contributed by atoms with Crippen molar-refractivity contribution in [2.45, 2.75) is 19.8 Å². The standard InChI is InChI=1S/C19H20BrNO4/c1-13(2)14-7-9-15(10-8-14)24-12-19(23)25-11-18(22)21-17-6-4-3-5-16(17)20/h3-10,13H,11-12H2,1-2H3,(H,21,22). The Morgan fingerprint density at radius 3 is 2.36 bits per heavy atom. The van der Waals surface area contributed by atoms with Crippen molar-refractivity contribution in [3.05, 3.63) is 58.6 Å². The zero-order valence-corrected chi connectivity index (χ0v) is 15.7. The van der Waals surface area contributed by atoms with Crippen LogP contribution in [0.25, 0.3) is 0 Å². The zero-order valence-electron chi connectivity index (χ0n) is 14.1. The first-order chi connectivity index (χ1) is 12.0. The fourth-order valence-electron chi connectivity index (χ4n) is 2.03. The second-order valence-corrected chi connectivity index (χ2v) is 6.56. The van der Waals surface area contributed by atoms with E-state index in [2.05, 4.69) is 35.1 Å². The molecule has 6 heteroatoms. The number of para-hydroxylation sites is 1. The Morgan fingerprint density at radius 1 is 1.04 bits per heavy atom. The normalized spacial score (nSPS) is 10.4. The lowest BCUT2D eigenvalue weighted by molar-refractivity contribution is -0.149. The summed E-state index contributed by atoms with van der Waals surface area (Å²) in [4.78, 5) is 23.5. The van der Waals surface area contributed by atoms with E-state index in [1.807, 2.05) is 30.3 Å². The Bertz CT molecular complexity index is 728. The predicted molar refractivity (Wildman–Crippen MR) is 99.8 cm³/mol. The lowest BCUT2D eigenvalue weighted by Crippen LogP contribution is -2.23. The monoisotopic (exact) mass is 405 g/mol. The zero-order chi connectivity index (χ0) is 18.2. The maximum atomic E-state index is 11.8. The number of esters is 1. The Morgan fingerprint density at radius 2 is 1.72 bits per heavy atom. The maximum Gasteiger partial charge on any atom is 0.344 e. The van der Waals surface area contributed by atoms with Crippen LogP contribution in [-0.2, 0) is 14.3 Å². The van der Waals surface area contributed by atoms with E-state index in [9.17, 15) is 9.59 Å². The summed E-state index contributed by atoms with van der Waals surface area (Å²) in [5.74, 6) is -0.00190. The molecule has 2 aromatic carbocycles. The summed E-state index contributed by atoms with van der Waals surface area (Å²) in [5.41, 5.74) is 1.81. The van der Waals surface area contributed by atoms with Gasteiger partial charge in [-0.15, -0.1) is 0 Å². The number of halogens is 1. The topological polar surface area (TPSA) is 64.6 Å². The molecule has 0 unspecified atom stereocenters. The van der Waals surface area contributed by atoms with Gasteiger partial charge < -0.3 is 14.8 Å². The minimum Gasteiger partial charge on any atom is -0.482 e. The van der Waals surface area contributed by atoms with Crippen LogP contribution in [0.3, 0.4) is 0 Å². The molecule has 2 rings (SSSR count). The number of rotatable bonds is 7. The van der Waals surface area contributed by atoms with Gasteiger partial charge in [-0.3, -0.25) is 4.79 Å². The van der Waals surface area contributed by atoms with Gasteiger partial charge >= 0.3 is 5.97 Å². The molecular formula is C19H20BrNO4. The maximum absolute atomic E-state index is 11.8. The molecule has 0 aliphatic rings. The molecule has 0 saturated carbocycles. The van der Waals surface area contributed by atoms with Gasteiger partial charge in [0, 0.05) is 4.47 Å². The van der Waals surface area contributed by atoms with Crippen LogP contribution in [0.4, 0.5) is 5.69 Å². The van der Waals surface area contributed by atoms with Crippen molar-refractivity contribution >= 4 is 33.5 Å². The van der Waals surface area contributed by atoms with Crippen LogP contribution >= 0.6 is 15.9 Å². The first-order valence-electron chi connectivity index (χ1n) is 7.88. The fraction of sp³-hybridized carbons (Fsp3) is 0.263. The van der Waals surface area contributed by atoms with E-state index in [-0.39, 0.29) is 13.2 Å². The van der Waals surface area contributed by atoms with Crippen molar-refractivity contribution < 1.29 is 19.1 Å². The summed E-state index contributed by atoms with van der Waals surface area (Å²) < 4.78 is 11.0. The fourth-order valence-corrected chi connectivity index (χ4v) is 2.41. The Kier molecular flexibility index (Phi) is 7.01. The highest BCUT2D eigenvalue weighted by atomic mass is 79.9. The molecule has 5 nitrogen and oxygen atoms in total. The number of nitrogens with one attached hydrogen (secondary N) is 1. The van der Waals surface area contributed by atoms with Crippen molar-refractivity contribution in [3.63, 3.8) is 0 Å². The van der Waals surface area contributed by atoms with Crippen molar-refractivity contribution in [1.82, 2.24) is 0 Å². The Labute approximate surface area is 155 Å². The van der Waals surface area contributed by atoms with Crippen molar-refractivity contribution in [3.8, 4) is 5.75 Å². The molecule has 0 aliphatic carbocycles. The third-order valence-electron chi connectivity index (χ3n) is 3.42. The van der Waals surface area contributed by atoms with E-state index in [0.717, 1.165) is 4.47 Å². The van der Waals surface area contributed by atoms with Crippen LogP contribution in [0.1, 0.15) is 25.3 Å². The van der Waals surface area contributed by atoms with Gasteiger partial charge in [0.2, 0.25) is 0 Å². The highest BCUT2D eigenvalue weighted by Gasteiger charge is 2.10. The van der Waals surface area contributed by atoms with Crippen LogP contribution in [0.15, 0.2) is 53.0 Å². The molecule has 0 saturated heterocycles. The second kappa shape index (κ2) is 9.22. The molecule has 0 atom stereocenters. The van der Waals surface area contributed by atoms with Crippen LogP contribution in [0, 0.1) is 0 Å². The molecule has 25 heavy (non-hydrogen) atoms. The minimum absolute atomic E-state index is 0.247. The molecule has 0 bridgehead atoms. The SMILES string of the molecule is CC(C)c1ccc(OCC(=O)OCC(=O)Nc2ccccc2Br)cc1. The molecule has 0 fully saturated rings. The number of carbonyl (C=O) groups excluding carboxylic acids is 2. The lowest BCUT2D eigenvalue weighted by Gasteiger charge is -2.10. The average Bonchev–Trinajstić information content (AvgIpc) is 2.60. The third-order valence-corrected chi connectivity index (χ3v) is 4.11. The van der Waals surface area contributed by atoms with E-state index < -0.39 is 11.9 Å². The first kappa shape index (κ1) is 19.0. The smallest absolute Gasteiger partial charge is 0.344 e. The van der Waals surface area contributed by atoms with Crippen LogP contribution in [0.5, 0.6) is 5.75 Å². The molecule has 2 aromatic rings. The van der Waals surface area contributed by atoms with Crippen molar-refractivity contribution in [1.29, 1.82) is 0 Å². The largest absolute Gasteiger partial charge is 0.482 e. The van der Waals surface area contributed by atoms with E-state index in [0.29, 0.717) is 17.4 Å². The summed E-state index contributed by atoms with van der Waals surface area (Å²) in [5, 5.41) is 2.65. The first-order valence-corrected chi connectivity index (χ1v) is 8.68. The van der Waals surface area contributed by atoms with Gasteiger partial charge in [-0.05, 0) is 51.7 Å². The minimum atomic E-state index is -0.602. The van der Waals surface area contributed by atoms with Gasteiger partial charge in [0.05, 0.1) is 5.69 Å². The van der Waals surface area contributed by atoms with Crippen molar-refractivity contribution in [2.24, 2.45) is 0 Å².